The van der Waals surface area contributed by atoms with Gasteiger partial charge in [0, 0.05) is 27.2 Å². The average molecular weight is 533 g/mol. The van der Waals surface area contributed by atoms with E-state index < -0.39 is 65.7 Å². The van der Waals surface area contributed by atoms with Gasteiger partial charge in [0.05, 0.1) is 12.2 Å². The minimum Gasteiger partial charge on any atom is -0.443 e. The molecule has 0 aromatic heterocycles. The second-order valence-corrected chi connectivity index (χ2v) is 10.6. The molecule has 2 heterocycles. The van der Waals surface area contributed by atoms with Gasteiger partial charge in [0.1, 0.15) is 17.1 Å². The Bertz CT molecular complexity index is 792. The number of carbonyl (C=O) groups excluding carboxylic acids is 1. The molecular weight excluding hydrogens is 497 g/mol. The van der Waals surface area contributed by atoms with E-state index in [0.717, 1.165) is 11.8 Å². The summed E-state index contributed by atoms with van der Waals surface area (Å²) in [6.45, 7) is 9.60. The molecular formula is C21H35F3N2O8S. The highest BCUT2D eigenvalue weighted by molar-refractivity contribution is 8.14. The number of rotatable bonds is 7. The minimum absolute atomic E-state index is 0.171. The highest BCUT2D eigenvalue weighted by Crippen LogP contribution is 2.43. The average Bonchev–Trinajstić information content (AvgIpc) is 3.15. The maximum Gasteiger partial charge on any atom is 0.416 e. The molecule has 204 valence electrons. The zero-order valence-electron chi connectivity index (χ0n) is 21.1. The van der Waals surface area contributed by atoms with Gasteiger partial charge in [-0.3, -0.25) is 9.89 Å². The fourth-order valence-electron chi connectivity index (χ4n) is 3.50. The molecule has 0 aromatic carbocycles. The van der Waals surface area contributed by atoms with Crippen LogP contribution in [0.2, 0.25) is 0 Å². The van der Waals surface area contributed by atoms with Crippen molar-refractivity contribution in [1.29, 1.82) is 0 Å². The van der Waals surface area contributed by atoms with Gasteiger partial charge < -0.3 is 33.9 Å². The number of carbonyl (C=O) groups is 1. The van der Waals surface area contributed by atoms with E-state index in [1.807, 2.05) is 0 Å². The van der Waals surface area contributed by atoms with Gasteiger partial charge in [0.2, 0.25) is 11.6 Å². The summed E-state index contributed by atoms with van der Waals surface area (Å²) < 4.78 is 67.3. The number of amides is 1. The predicted molar refractivity (Wildman–Crippen MR) is 121 cm³/mol. The van der Waals surface area contributed by atoms with Crippen LogP contribution in [-0.2, 0) is 23.7 Å². The standard InChI is InChI=1S/C21H35F3N2O8S/c1-9-26(17(28)34-18(2,3)4)16-25-13-11(33-20(6,31-8)19(5,29)30-7)10-12(32-15(13)35-16)14(27)21(22,23)24/h11-15,27,29H,9-10H2,1-8H3. The van der Waals surface area contributed by atoms with Gasteiger partial charge >= 0.3 is 12.3 Å². The summed E-state index contributed by atoms with van der Waals surface area (Å²) in [5.41, 5.74) is -1.80. The fourth-order valence-corrected chi connectivity index (χ4v) is 4.80. The molecule has 0 bridgehead atoms. The monoisotopic (exact) mass is 532 g/mol. The van der Waals surface area contributed by atoms with Crippen LogP contribution in [0.4, 0.5) is 18.0 Å². The number of alkyl halides is 3. The van der Waals surface area contributed by atoms with Crippen LogP contribution in [0, 0.1) is 0 Å². The van der Waals surface area contributed by atoms with E-state index >= 15 is 0 Å². The Balaban J connectivity index is 2.41. The first-order valence-corrected chi connectivity index (χ1v) is 11.9. The van der Waals surface area contributed by atoms with Crippen molar-refractivity contribution in [1.82, 2.24) is 4.90 Å². The first kappa shape index (κ1) is 30.1. The van der Waals surface area contributed by atoms with E-state index in [0.29, 0.717) is 0 Å². The number of amidine groups is 1. The number of hydrogen-bond acceptors (Lipinski definition) is 10. The third-order valence-electron chi connectivity index (χ3n) is 5.77. The molecule has 0 aromatic rings. The predicted octanol–water partition coefficient (Wildman–Crippen LogP) is 2.86. The lowest BCUT2D eigenvalue weighted by molar-refractivity contribution is -0.389. The Kier molecular flexibility index (Phi) is 9.17. The van der Waals surface area contributed by atoms with Crippen LogP contribution in [0.1, 0.15) is 48.0 Å². The van der Waals surface area contributed by atoms with Crippen LogP contribution in [0.5, 0.6) is 0 Å². The summed E-state index contributed by atoms with van der Waals surface area (Å²) in [6, 6.07) is -0.884. The molecule has 0 spiro atoms. The van der Waals surface area contributed by atoms with E-state index in [2.05, 4.69) is 4.99 Å². The number of methoxy groups -OCH3 is 2. The highest BCUT2D eigenvalue weighted by Gasteiger charge is 2.56. The Morgan fingerprint density at radius 3 is 2.29 bits per heavy atom. The summed E-state index contributed by atoms with van der Waals surface area (Å²) in [7, 11) is 2.46. The molecule has 2 aliphatic heterocycles. The van der Waals surface area contributed by atoms with Crippen molar-refractivity contribution < 1.29 is 51.9 Å². The molecule has 14 heteroatoms. The fraction of sp³-hybridized carbons (Fsp3) is 0.905. The number of thioether (sulfide) groups is 1. The van der Waals surface area contributed by atoms with Gasteiger partial charge in [-0.2, -0.15) is 13.2 Å². The van der Waals surface area contributed by atoms with Crippen molar-refractivity contribution >= 4 is 23.0 Å². The smallest absolute Gasteiger partial charge is 0.416 e. The normalized spacial score (nSPS) is 29.5. The zero-order chi connectivity index (χ0) is 27.0. The zero-order valence-corrected chi connectivity index (χ0v) is 21.9. The Morgan fingerprint density at radius 2 is 1.83 bits per heavy atom. The second-order valence-electron chi connectivity index (χ2n) is 9.50. The van der Waals surface area contributed by atoms with Crippen LogP contribution in [-0.4, -0.2) is 100 Å². The van der Waals surface area contributed by atoms with Crippen LogP contribution in [0.3, 0.4) is 0 Å². The van der Waals surface area contributed by atoms with E-state index in [9.17, 15) is 28.2 Å². The summed E-state index contributed by atoms with van der Waals surface area (Å²) >= 11 is 0.924. The van der Waals surface area contributed by atoms with Crippen LogP contribution in [0.25, 0.3) is 0 Å². The maximum absolute atomic E-state index is 13.3. The lowest BCUT2D eigenvalue weighted by Gasteiger charge is -2.45. The maximum atomic E-state index is 13.3. The van der Waals surface area contributed by atoms with E-state index in [1.54, 1.807) is 27.7 Å². The van der Waals surface area contributed by atoms with Crippen LogP contribution >= 0.6 is 11.8 Å². The number of hydrogen-bond donors (Lipinski definition) is 2. The minimum atomic E-state index is -4.94. The molecule has 0 saturated carbocycles. The summed E-state index contributed by atoms with van der Waals surface area (Å²) in [5.74, 6) is -3.81. The summed E-state index contributed by atoms with van der Waals surface area (Å²) in [6.07, 6.45) is -11.6. The number of nitrogens with zero attached hydrogens (tertiary/aromatic N) is 2. The molecule has 1 amide bonds. The van der Waals surface area contributed by atoms with E-state index in [-0.39, 0.29) is 11.7 Å². The molecule has 35 heavy (non-hydrogen) atoms. The van der Waals surface area contributed by atoms with Crippen LogP contribution in [0.15, 0.2) is 4.99 Å². The second kappa shape index (κ2) is 10.7. The van der Waals surface area contributed by atoms with Crippen molar-refractivity contribution in [3.05, 3.63) is 0 Å². The van der Waals surface area contributed by atoms with Crippen molar-refractivity contribution in [2.45, 2.75) is 101 Å². The van der Waals surface area contributed by atoms with Gasteiger partial charge in [-0.05, 0) is 41.5 Å². The number of aliphatic hydroxyl groups excluding tert-OH is 1. The third kappa shape index (κ3) is 6.79. The molecule has 2 aliphatic rings. The number of aliphatic hydroxyl groups is 2. The van der Waals surface area contributed by atoms with Crippen molar-refractivity contribution in [3.8, 4) is 0 Å². The number of fused-ring (bicyclic) bond motifs is 1. The van der Waals surface area contributed by atoms with Gasteiger partial charge in [0.15, 0.2) is 11.3 Å². The van der Waals surface area contributed by atoms with Gasteiger partial charge in [-0.15, -0.1) is 0 Å². The quantitative estimate of drug-likeness (QED) is 0.477. The number of ether oxygens (including phenoxy) is 5. The Morgan fingerprint density at radius 1 is 1.23 bits per heavy atom. The molecule has 10 nitrogen and oxygen atoms in total. The van der Waals surface area contributed by atoms with Crippen LogP contribution < -0.4 is 0 Å². The molecule has 0 radical (unpaired) electrons. The first-order chi connectivity index (χ1) is 15.9. The van der Waals surface area contributed by atoms with Gasteiger partial charge in [0.25, 0.3) is 0 Å². The van der Waals surface area contributed by atoms with E-state index in [1.165, 1.54) is 33.0 Å². The highest BCUT2D eigenvalue weighted by atomic mass is 32.2. The Labute approximate surface area is 207 Å². The topological polar surface area (TPSA) is 119 Å². The third-order valence-corrected chi connectivity index (χ3v) is 6.93. The van der Waals surface area contributed by atoms with Gasteiger partial charge in [-0.1, -0.05) is 11.8 Å². The Hall–Kier alpha value is -1.16. The molecule has 2 N–H and O–H groups in total. The van der Waals surface area contributed by atoms with Crippen molar-refractivity contribution in [2.24, 2.45) is 4.99 Å². The number of aliphatic imine (C=N–C) groups is 1. The first-order valence-electron chi connectivity index (χ1n) is 11.0. The molecule has 7 unspecified atom stereocenters. The molecule has 0 aliphatic carbocycles. The summed E-state index contributed by atoms with van der Waals surface area (Å²) in [5, 5.41) is 20.7. The van der Waals surface area contributed by atoms with Gasteiger partial charge in [-0.25, -0.2) is 4.79 Å². The van der Waals surface area contributed by atoms with Crippen molar-refractivity contribution in [2.75, 3.05) is 20.8 Å². The lowest BCUT2D eigenvalue weighted by Crippen LogP contribution is -2.60. The van der Waals surface area contributed by atoms with Crippen molar-refractivity contribution in [3.63, 3.8) is 0 Å². The summed E-state index contributed by atoms with van der Waals surface area (Å²) in [4.78, 5) is 18.4. The molecule has 1 saturated heterocycles. The van der Waals surface area contributed by atoms with E-state index in [4.69, 9.17) is 23.7 Å². The molecule has 7 atom stereocenters. The SMILES string of the molecule is CCN(C(=O)OC(C)(C)C)C1=NC2C(OC(C)(OC)C(C)(O)OC)CC(C(O)C(F)(F)F)OC2S1. The largest absolute Gasteiger partial charge is 0.443 e. The molecule has 2 rings (SSSR count). The lowest BCUT2D eigenvalue weighted by atomic mass is 9.96. The molecule has 1 fully saturated rings. The number of halogens is 3.